The van der Waals surface area contributed by atoms with Crippen LogP contribution in [0.1, 0.15) is 96.8 Å². The average molecular weight is 384 g/mol. The highest BCUT2D eigenvalue weighted by molar-refractivity contribution is 6.29. The van der Waals surface area contributed by atoms with E-state index in [0.29, 0.717) is 0 Å². The van der Waals surface area contributed by atoms with E-state index in [1.807, 2.05) is 0 Å². The molecule has 0 aromatic rings. The zero-order valence-electron chi connectivity index (χ0n) is 16.6. The molecule has 150 valence electrons. The van der Waals surface area contributed by atoms with Gasteiger partial charge in [0.05, 0.1) is 17.1 Å². The molecule has 0 aliphatic heterocycles. The SMILES string of the molecule is CC1([SiH3])CCCCC1=NO.ON=C1CCCCC1.ON=C1CCCCC1. The fraction of sp³-hybridized carbons (Fsp3) is 0.842. The highest BCUT2D eigenvalue weighted by Gasteiger charge is 2.28. The molecule has 3 fully saturated rings. The second-order valence-corrected chi connectivity index (χ2v) is 10.3. The van der Waals surface area contributed by atoms with E-state index in [1.165, 1.54) is 57.8 Å². The number of nitrogens with zero attached hydrogens (tertiary/aromatic N) is 3. The van der Waals surface area contributed by atoms with Crippen molar-refractivity contribution in [3.05, 3.63) is 0 Å². The van der Waals surface area contributed by atoms with Gasteiger partial charge in [0.25, 0.3) is 0 Å². The largest absolute Gasteiger partial charge is 0.411 e. The van der Waals surface area contributed by atoms with Gasteiger partial charge >= 0.3 is 0 Å². The molecule has 3 rings (SSSR count). The third-order valence-electron chi connectivity index (χ3n) is 5.51. The smallest absolute Gasteiger partial charge is 0.0592 e. The van der Waals surface area contributed by atoms with Crippen LogP contribution in [0.25, 0.3) is 0 Å². The van der Waals surface area contributed by atoms with Gasteiger partial charge in [-0.2, -0.15) is 0 Å². The molecule has 3 aliphatic rings. The van der Waals surface area contributed by atoms with Crippen LogP contribution in [0.3, 0.4) is 0 Å². The van der Waals surface area contributed by atoms with Crippen LogP contribution >= 0.6 is 0 Å². The zero-order valence-corrected chi connectivity index (χ0v) is 18.6. The van der Waals surface area contributed by atoms with Gasteiger partial charge in [0.1, 0.15) is 0 Å². The minimum Gasteiger partial charge on any atom is -0.411 e. The van der Waals surface area contributed by atoms with Crippen LogP contribution in [0, 0.1) is 0 Å². The van der Waals surface area contributed by atoms with Gasteiger partial charge in [-0.15, -0.1) is 0 Å². The summed E-state index contributed by atoms with van der Waals surface area (Å²) in [5.41, 5.74) is 3.00. The number of rotatable bonds is 0. The molecule has 0 saturated heterocycles. The fourth-order valence-electron chi connectivity index (χ4n) is 3.65. The van der Waals surface area contributed by atoms with E-state index in [1.54, 1.807) is 0 Å². The maximum atomic E-state index is 8.64. The third-order valence-corrected chi connectivity index (χ3v) is 6.59. The molecule has 3 N–H and O–H groups in total. The monoisotopic (exact) mass is 383 g/mol. The Morgan fingerprint density at radius 3 is 1.35 bits per heavy atom. The van der Waals surface area contributed by atoms with Gasteiger partial charge in [-0.05, 0) is 75.7 Å². The van der Waals surface area contributed by atoms with Crippen LogP contribution in [0.5, 0.6) is 0 Å². The van der Waals surface area contributed by atoms with Crippen molar-refractivity contribution in [3.63, 3.8) is 0 Å². The minimum absolute atomic E-state index is 0.285. The van der Waals surface area contributed by atoms with E-state index in [4.69, 9.17) is 15.6 Å². The molecule has 0 amide bonds. The fourth-order valence-corrected chi connectivity index (χ4v) is 4.35. The highest BCUT2D eigenvalue weighted by Crippen LogP contribution is 2.36. The maximum Gasteiger partial charge on any atom is 0.0592 e. The lowest BCUT2D eigenvalue weighted by molar-refractivity contribution is 0.311. The Balaban J connectivity index is 0.000000197. The number of hydrogen-bond acceptors (Lipinski definition) is 6. The van der Waals surface area contributed by atoms with E-state index >= 15 is 0 Å². The summed E-state index contributed by atoms with van der Waals surface area (Å²) >= 11 is 0. The highest BCUT2D eigenvalue weighted by atomic mass is 28.1. The first kappa shape index (κ1) is 22.7. The van der Waals surface area contributed by atoms with Crippen molar-refractivity contribution in [2.24, 2.45) is 15.5 Å². The van der Waals surface area contributed by atoms with Gasteiger partial charge in [-0.25, -0.2) is 0 Å². The molecule has 0 aromatic carbocycles. The summed E-state index contributed by atoms with van der Waals surface area (Å²) < 4.78 is 0. The second-order valence-electron chi connectivity index (χ2n) is 8.09. The van der Waals surface area contributed by atoms with Crippen molar-refractivity contribution in [1.29, 1.82) is 0 Å². The molecule has 1 unspecified atom stereocenters. The summed E-state index contributed by atoms with van der Waals surface area (Å²) in [6.07, 6.45) is 16.2. The number of hydrogen-bond donors (Lipinski definition) is 3. The van der Waals surface area contributed by atoms with E-state index in [0.717, 1.165) is 59.5 Å². The molecule has 0 bridgehead atoms. The Bertz CT molecular complexity index is 448. The van der Waals surface area contributed by atoms with Crippen LogP contribution in [-0.2, 0) is 0 Å². The molecule has 3 saturated carbocycles. The lowest BCUT2D eigenvalue weighted by atomic mass is 9.88. The Labute approximate surface area is 160 Å². The standard InChI is InChI=1S/C7H15NOSi.2C6H11NO/c1-7(10)5-3-2-4-6(7)8-9;2*8-7-6-4-2-1-3-5-6/h9H,2-5H2,1,10H3;2*8H,1-5H2. The molecule has 7 heteroatoms. The van der Waals surface area contributed by atoms with Crippen LogP contribution in [-0.4, -0.2) is 43.0 Å². The van der Waals surface area contributed by atoms with E-state index in [-0.39, 0.29) is 5.04 Å². The molecule has 0 radical (unpaired) electrons. The predicted octanol–water partition coefficient (Wildman–Crippen LogP) is 4.50. The first-order chi connectivity index (χ1) is 12.5. The van der Waals surface area contributed by atoms with Crippen LogP contribution in [0.2, 0.25) is 5.04 Å². The zero-order chi connectivity index (χ0) is 19.3. The first-order valence-corrected chi connectivity index (χ1v) is 11.1. The van der Waals surface area contributed by atoms with Crippen molar-refractivity contribution in [1.82, 2.24) is 0 Å². The summed E-state index contributed by atoms with van der Waals surface area (Å²) in [6.45, 7) is 2.20. The molecule has 6 nitrogen and oxygen atoms in total. The van der Waals surface area contributed by atoms with Gasteiger partial charge in [-0.3, -0.25) is 0 Å². The van der Waals surface area contributed by atoms with Gasteiger partial charge in [-0.1, -0.05) is 41.7 Å². The molecule has 1 atom stereocenters. The minimum atomic E-state index is 0.285. The topological polar surface area (TPSA) is 97.8 Å². The first-order valence-electron chi connectivity index (χ1n) is 10.1. The number of oxime groups is 3. The predicted molar refractivity (Wildman–Crippen MR) is 111 cm³/mol. The van der Waals surface area contributed by atoms with Crippen molar-refractivity contribution in [2.45, 2.75) is 102 Å². The lowest BCUT2D eigenvalue weighted by Gasteiger charge is -2.29. The van der Waals surface area contributed by atoms with Crippen molar-refractivity contribution in [2.75, 3.05) is 0 Å². The molecular formula is C19H37N3O3Si. The van der Waals surface area contributed by atoms with Crippen molar-refractivity contribution in [3.8, 4) is 0 Å². The van der Waals surface area contributed by atoms with Crippen molar-refractivity contribution >= 4 is 27.4 Å². The molecule has 26 heavy (non-hydrogen) atoms. The van der Waals surface area contributed by atoms with Crippen molar-refractivity contribution < 1.29 is 15.6 Å². The lowest BCUT2D eigenvalue weighted by Crippen LogP contribution is -2.24. The van der Waals surface area contributed by atoms with Crippen LogP contribution in [0.15, 0.2) is 15.5 Å². The summed E-state index contributed by atoms with van der Waals surface area (Å²) in [5, 5.41) is 35.2. The molecule has 0 spiro atoms. The molecule has 3 aliphatic carbocycles. The normalized spacial score (nSPS) is 27.7. The molecule has 0 heterocycles. The molecular weight excluding hydrogens is 346 g/mol. The van der Waals surface area contributed by atoms with Gasteiger partial charge in [0.15, 0.2) is 0 Å². The quantitative estimate of drug-likeness (QED) is 0.326. The van der Waals surface area contributed by atoms with E-state index in [2.05, 4.69) is 22.4 Å². The van der Waals surface area contributed by atoms with Gasteiger partial charge in [0, 0.05) is 10.2 Å². The summed E-state index contributed by atoms with van der Waals surface area (Å²) in [4.78, 5) is 0. The Hall–Kier alpha value is -1.37. The third kappa shape index (κ3) is 8.83. The van der Waals surface area contributed by atoms with Crippen LogP contribution in [0.4, 0.5) is 0 Å². The molecule has 0 aromatic heterocycles. The summed E-state index contributed by atoms with van der Waals surface area (Å²) in [5.74, 6) is 0. The van der Waals surface area contributed by atoms with E-state index in [9.17, 15) is 0 Å². The Morgan fingerprint density at radius 1 is 0.654 bits per heavy atom. The van der Waals surface area contributed by atoms with E-state index < -0.39 is 0 Å². The Kier molecular flexibility index (Phi) is 11.2. The summed E-state index contributed by atoms with van der Waals surface area (Å²) in [7, 11) is 1.11. The van der Waals surface area contributed by atoms with Gasteiger partial charge < -0.3 is 15.6 Å². The summed E-state index contributed by atoms with van der Waals surface area (Å²) in [6, 6.07) is 0. The van der Waals surface area contributed by atoms with Crippen LogP contribution < -0.4 is 0 Å². The Morgan fingerprint density at radius 2 is 1.08 bits per heavy atom. The average Bonchev–Trinajstić information content (AvgIpc) is 2.70. The second kappa shape index (κ2) is 12.9. The maximum absolute atomic E-state index is 8.64. The van der Waals surface area contributed by atoms with Gasteiger partial charge in [0.2, 0.25) is 0 Å².